The number of aliphatic hydroxyl groups is 1. The number of hydrogen-bond acceptors (Lipinski definition) is 15. The van der Waals surface area contributed by atoms with Gasteiger partial charge in [-0.25, -0.2) is 9.13 Å². The minimum atomic E-state index is -4.96. The number of aliphatic hydroxyl groups excluding tert-OH is 1. The molecule has 0 aliphatic carbocycles. The molecule has 618 valence electrons. The molecule has 0 fully saturated rings. The third kappa shape index (κ3) is 78.2. The van der Waals surface area contributed by atoms with Crippen molar-refractivity contribution in [3.05, 3.63) is 0 Å². The van der Waals surface area contributed by atoms with E-state index in [-0.39, 0.29) is 25.7 Å². The van der Waals surface area contributed by atoms with Crippen LogP contribution >= 0.6 is 15.6 Å². The molecule has 3 N–H and O–H groups in total. The zero-order valence-corrected chi connectivity index (χ0v) is 70.0. The van der Waals surface area contributed by atoms with Gasteiger partial charge in [-0.1, -0.05) is 407 Å². The summed E-state index contributed by atoms with van der Waals surface area (Å²) in [5, 5.41) is 10.7. The molecule has 0 aromatic heterocycles. The molecule has 0 aliphatic heterocycles. The molecule has 0 radical (unpaired) electrons. The van der Waals surface area contributed by atoms with Crippen LogP contribution in [0.4, 0.5) is 0 Å². The summed E-state index contributed by atoms with van der Waals surface area (Å²) in [6.07, 6.45) is 71.1. The standard InChI is InChI=1S/C85H166O17P2/c1-6-9-12-15-18-21-24-27-30-33-34-35-36-39-42-45-48-51-54-61-65-70-84(89)101-80(74-95-82(87)68-63-58-52-49-46-43-40-37-31-28-25-22-19-16-13-10-7-2)76-99-103(91,92)97-72-79(86)73-98-104(93,94)100-77-81(75-96-83(88)69-64-59-56-55-57-62-67-78(4)5)102-85(90)71-66-60-53-50-47-44-41-38-32-29-26-23-20-17-14-11-8-3/h78-81,86H,6-77H2,1-5H3,(H,91,92)(H,93,94)/t79-,80-,81-/m1/s1. The number of phosphoric acid groups is 2. The molecular formula is C85H166O17P2. The first-order valence-corrected chi connectivity index (χ1v) is 47.1. The van der Waals surface area contributed by atoms with E-state index < -0.39 is 97.5 Å². The van der Waals surface area contributed by atoms with Crippen molar-refractivity contribution in [1.82, 2.24) is 0 Å². The van der Waals surface area contributed by atoms with Gasteiger partial charge >= 0.3 is 39.5 Å². The number of ether oxygens (including phenoxy) is 4. The predicted molar refractivity (Wildman–Crippen MR) is 428 cm³/mol. The second-order valence-electron chi connectivity index (χ2n) is 31.1. The van der Waals surface area contributed by atoms with E-state index in [4.69, 9.17) is 37.0 Å². The van der Waals surface area contributed by atoms with Crippen molar-refractivity contribution in [3.8, 4) is 0 Å². The Bertz CT molecular complexity index is 1980. The number of unbranched alkanes of at least 4 members (excludes halogenated alkanes) is 57. The van der Waals surface area contributed by atoms with Crippen LogP contribution in [0.2, 0.25) is 0 Å². The van der Waals surface area contributed by atoms with E-state index in [1.807, 2.05) is 0 Å². The Hall–Kier alpha value is -1.94. The van der Waals surface area contributed by atoms with E-state index >= 15 is 0 Å². The van der Waals surface area contributed by atoms with E-state index in [2.05, 4.69) is 34.6 Å². The Morgan fingerprint density at radius 2 is 0.442 bits per heavy atom. The van der Waals surface area contributed by atoms with E-state index in [1.54, 1.807) is 0 Å². The van der Waals surface area contributed by atoms with Crippen LogP contribution in [0.1, 0.15) is 458 Å². The Labute approximate surface area is 638 Å². The van der Waals surface area contributed by atoms with Gasteiger partial charge in [-0.15, -0.1) is 0 Å². The summed E-state index contributed by atoms with van der Waals surface area (Å²) in [6.45, 7) is 7.28. The average molecular weight is 1520 g/mol. The summed E-state index contributed by atoms with van der Waals surface area (Å²) in [7, 11) is -9.92. The lowest BCUT2D eigenvalue weighted by molar-refractivity contribution is -0.161. The van der Waals surface area contributed by atoms with E-state index in [9.17, 15) is 43.2 Å². The van der Waals surface area contributed by atoms with Crippen LogP contribution in [0.5, 0.6) is 0 Å². The third-order valence-electron chi connectivity index (χ3n) is 20.0. The van der Waals surface area contributed by atoms with Crippen LogP contribution in [0.3, 0.4) is 0 Å². The fraction of sp³-hybridized carbons (Fsp3) is 0.953. The number of esters is 4. The summed E-state index contributed by atoms with van der Waals surface area (Å²) in [4.78, 5) is 73.1. The SMILES string of the molecule is CCCCCCCCCCCCCCCCCCCCCCCC(=O)O[C@H](COC(=O)CCCCCCCCCCCCCCCCCCC)COP(=O)(O)OC[C@@H](O)COP(=O)(O)OC[C@@H](COC(=O)CCCCCCCCC(C)C)OC(=O)CCCCCCCCCCCCCCCCCCC. The number of rotatable bonds is 85. The summed E-state index contributed by atoms with van der Waals surface area (Å²) in [6, 6.07) is 0. The Morgan fingerprint density at radius 3 is 0.654 bits per heavy atom. The molecule has 0 amide bonds. The van der Waals surface area contributed by atoms with Gasteiger partial charge in [-0.3, -0.25) is 37.3 Å². The molecule has 0 heterocycles. The van der Waals surface area contributed by atoms with Gasteiger partial charge in [-0.2, -0.15) is 0 Å². The van der Waals surface area contributed by atoms with Crippen molar-refractivity contribution >= 4 is 39.5 Å². The fourth-order valence-electron chi connectivity index (χ4n) is 13.3. The molecule has 0 rings (SSSR count). The maximum absolute atomic E-state index is 13.1. The fourth-order valence-corrected chi connectivity index (χ4v) is 14.9. The maximum Gasteiger partial charge on any atom is 0.472 e. The van der Waals surface area contributed by atoms with Gasteiger partial charge in [0.1, 0.15) is 19.3 Å². The van der Waals surface area contributed by atoms with E-state index in [0.29, 0.717) is 31.6 Å². The molecule has 0 aliphatic rings. The average Bonchev–Trinajstić information content (AvgIpc) is 0.952. The number of carbonyl (C=O) groups excluding carboxylic acids is 4. The summed E-state index contributed by atoms with van der Waals surface area (Å²) in [5.41, 5.74) is 0. The topological polar surface area (TPSA) is 237 Å². The van der Waals surface area contributed by atoms with Crippen LogP contribution in [-0.4, -0.2) is 96.7 Å². The summed E-state index contributed by atoms with van der Waals surface area (Å²) < 4.78 is 68.8. The van der Waals surface area contributed by atoms with Gasteiger partial charge in [0, 0.05) is 25.7 Å². The first kappa shape index (κ1) is 102. The normalized spacial score (nSPS) is 13.8. The van der Waals surface area contributed by atoms with Gasteiger partial charge in [0.25, 0.3) is 0 Å². The lowest BCUT2D eigenvalue weighted by atomic mass is 10.0. The van der Waals surface area contributed by atoms with Crippen molar-refractivity contribution in [3.63, 3.8) is 0 Å². The van der Waals surface area contributed by atoms with Crippen LogP contribution in [-0.2, 0) is 65.4 Å². The van der Waals surface area contributed by atoms with Crippen LogP contribution < -0.4 is 0 Å². The minimum Gasteiger partial charge on any atom is -0.462 e. The lowest BCUT2D eigenvalue weighted by Gasteiger charge is -2.21. The molecule has 0 saturated carbocycles. The summed E-state index contributed by atoms with van der Waals surface area (Å²) >= 11 is 0. The largest absolute Gasteiger partial charge is 0.472 e. The first-order valence-electron chi connectivity index (χ1n) is 44.1. The van der Waals surface area contributed by atoms with Crippen molar-refractivity contribution < 1.29 is 80.2 Å². The molecule has 0 aromatic rings. The molecule has 0 saturated heterocycles. The van der Waals surface area contributed by atoms with Crippen LogP contribution in [0.25, 0.3) is 0 Å². The highest BCUT2D eigenvalue weighted by Crippen LogP contribution is 2.45. The molecule has 2 unspecified atom stereocenters. The van der Waals surface area contributed by atoms with E-state index in [0.717, 1.165) is 96.3 Å². The highest BCUT2D eigenvalue weighted by Gasteiger charge is 2.30. The number of carbonyl (C=O) groups is 4. The predicted octanol–water partition coefficient (Wildman–Crippen LogP) is 26.0. The van der Waals surface area contributed by atoms with Gasteiger partial charge in [0.15, 0.2) is 12.2 Å². The molecule has 19 heteroatoms. The van der Waals surface area contributed by atoms with Gasteiger partial charge < -0.3 is 33.8 Å². The third-order valence-corrected chi connectivity index (χ3v) is 21.9. The summed E-state index contributed by atoms with van der Waals surface area (Å²) in [5.74, 6) is -1.42. The first-order chi connectivity index (χ1) is 50.5. The minimum absolute atomic E-state index is 0.108. The quantitative estimate of drug-likeness (QED) is 0.0222. The zero-order valence-electron chi connectivity index (χ0n) is 68.2. The Morgan fingerprint density at radius 1 is 0.260 bits per heavy atom. The molecular weight excluding hydrogens is 1350 g/mol. The van der Waals surface area contributed by atoms with Crippen molar-refractivity contribution in [2.45, 2.75) is 477 Å². The molecule has 17 nitrogen and oxygen atoms in total. The number of phosphoric ester groups is 2. The molecule has 5 atom stereocenters. The van der Waals surface area contributed by atoms with Crippen molar-refractivity contribution in [2.75, 3.05) is 39.6 Å². The lowest BCUT2D eigenvalue weighted by Crippen LogP contribution is -2.30. The highest BCUT2D eigenvalue weighted by atomic mass is 31.2. The second-order valence-corrected chi connectivity index (χ2v) is 34.0. The van der Waals surface area contributed by atoms with Gasteiger partial charge in [0.05, 0.1) is 26.4 Å². The second kappa shape index (κ2) is 77.8. The van der Waals surface area contributed by atoms with Crippen LogP contribution in [0.15, 0.2) is 0 Å². The smallest absolute Gasteiger partial charge is 0.462 e. The molecule has 104 heavy (non-hydrogen) atoms. The van der Waals surface area contributed by atoms with Crippen LogP contribution in [0, 0.1) is 5.92 Å². The zero-order chi connectivity index (χ0) is 76.2. The van der Waals surface area contributed by atoms with Crippen molar-refractivity contribution in [2.24, 2.45) is 5.92 Å². The monoisotopic (exact) mass is 1520 g/mol. The molecule has 0 aromatic carbocycles. The van der Waals surface area contributed by atoms with Gasteiger partial charge in [-0.05, 0) is 31.6 Å². The Kier molecular flexibility index (Phi) is 76.3. The van der Waals surface area contributed by atoms with Gasteiger partial charge in [0.2, 0.25) is 0 Å². The molecule has 0 spiro atoms. The van der Waals surface area contributed by atoms with Crippen molar-refractivity contribution in [1.29, 1.82) is 0 Å². The number of hydrogen-bond donors (Lipinski definition) is 3. The molecule has 0 bridgehead atoms. The van der Waals surface area contributed by atoms with E-state index in [1.165, 1.54) is 276 Å². The Balaban J connectivity index is 5.20. The highest BCUT2D eigenvalue weighted by molar-refractivity contribution is 7.47. The maximum atomic E-state index is 13.1.